The van der Waals surface area contributed by atoms with Crippen LogP contribution in [-0.2, 0) is 20.2 Å². The van der Waals surface area contributed by atoms with E-state index in [0.29, 0.717) is 35.6 Å². The average Bonchev–Trinajstić information content (AvgIpc) is 3.26. The van der Waals surface area contributed by atoms with E-state index in [1.165, 1.54) is 7.11 Å². The van der Waals surface area contributed by atoms with Crippen molar-refractivity contribution in [3.63, 3.8) is 0 Å². The van der Waals surface area contributed by atoms with Crippen molar-refractivity contribution in [1.82, 2.24) is 9.78 Å². The molecule has 154 valence electrons. The normalized spacial score (nSPS) is 13.9. The van der Waals surface area contributed by atoms with Crippen LogP contribution in [0.15, 0.2) is 76.1 Å². The summed E-state index contributed by atoms with van der Waals surface area (Å²) in [4.78, 5) is 10.2. The molecule has 0 saturated heterocycles. The van der Waals surface area contributed by atoms with Gasteiger partial charge in [0.05, 0.1) is 5.69 Å². The van der Waals surface area contributed by atoms with Gasteiger partial charge < -0.3 is 14.4 Å². The molecule has 1 aliphatic rings. The largest absolute Gasteiger partial charge is 0.470 e. The molecular weight excluding hydrogens is 424 g/mol. The van der Waals surface area contributed by atoms with E-state index in [-0.39, 0.29) is 0 Å². The maximum atomic E-state index is 5.96. The van der Waals surface area contributed by atoms with Crippen molar-refractivity contribution in [2.45, 2.75) is 10.8 Å². The van der Waals surface area contributed by atoms with E-state index in [1.54, 1.807) is 11.8 Å². The third-order valence-electron chi connectivity index (χ3n) is 4.25. The molecule has 9 heteroatoms. The lowest BCUT2D eigenvalue weighted by atomic mass is 10.0. The first-order valence-corrected chi connectivity index (χ1v) is 10.6. The Morgan fingerprint density at radius 1 is 1.17 bits per heavy atom. The molecule has 0 radical (unpaired) electrons. The first kappa shape index (κ1) is 20.3. The van der Waals surface area contributed by atoms with Gasteiger partial charge in [0.15, 0.2) is 12.3 Å². The molecule has 2 aromatic carbocycles. The Bertz CT molecular complexity index is 1070. The lowest BCUT2D eigenvalue weighted by Gasteiger charge is -2.16. The van der Waals surface area contributed by atoms with Gasteiger partial charge in [-0.2, -0.15) is 5.10 Å². The van der Waals surface area contributed by atoms with Crippen LogP contribution in [0.3, 0.4) is 0 Å². The molecule has 0 bridgehead atoms. The molecule has 0 spiro atoms. The maximum Gasteiger partial charge on any atom is 0.280 e. The van der Waals surface area contributed by atoms with Gasteiger partial charge in [-0.05, 0) is 41.1 Å². The summed E-state index contributed by atoms with van der Waals surface area (Å²) in [6, 6.07) is 17.4. The zero-order valence-electron chi connectivity index (χ0n) is 16.2. The summed E-state index contributed by atoms with van der Waals surface area (Å²) >= 11 is 7.59. The van der Waals surface area contributed by atoms with Gasteiger partial charge in [-0.25, -0.2) is 4.68 Å². The Kier molecular flexibility index (Phi) is 6.56. The summed E-state index contributed by atoms with van der Waals surface area (Å²) in [5.41, 5.74) is 3.37. The molecule has 3 aromatic rings. The number of rotatable bonds is 7. The van der Waals surface area contributed by atoms with Crippen LogP contribution in [0.25, 0.3) is 5.69 Å². The first-order chi connectivity index (χ1) is 14.7. The van der Waals surface area contributed by atoms with E-state index in [0.717, 1.165) is 21.8 Å². The van der Waals surface area contributed by atoms with Crippen LogP contribution >= 0.6 is 23.4 Å². The van der Waals surface area contributed by atoms with Gasteiger partial charge in [-0.3, -0.25) is 0 Å². The van der Waals surface area contributed by atoms with Crippen LogP contribution in [0, 0.1) is 0 Å². The lowest BCUT2D eigenvalue weighted by molar-refractivity contribution is 0.0672. The second-order valence-corrected chi connectivity index (χ2v) is 7.65. The number of nitrogens with zero attached hydrogens (tertiary/aromatic N) is 4. The number of hydrogen-bond donors (Lipinski definition) is 0. The fourth-order valence-corrected chi connectivity index (χ4v) is 3.85. The Labute approximate surface area is 183 Å². The molecule has 0 N–H and O–H groups in total. The summed E-state index contributed by atoms with van der Waals surface area (Å²) in [5, 5.41) is 14.3. The summed E-state index contributed by atoms with van der Waals surface area (Å²) in [7, 11) is 1.49. The number of halogens is 1. The van der Waals surface area contributed by atoms with Crippen molar-refractivity contribution < 1.29 is 14.4 Å². The van der Waals surface area contributed by atoms with Gasteiger partial charge in [-0.15, -0.1) is 0 Å². The van der Waals surface area contributed by atoms with E-state index in [4.69, 9.17) is 26.0 Å². The number of oxime groups is 2. The van der Waals surface area contributed by atoms with E-state index >= 15 is 0 Å². The van der Waals surface area contributed by atoms with Crippen LogP contribution in [0.1, 0.15) is 11.1 Å². The van der Waals surface area contributed by atoms with Crippen molar-refractivity contribution in [3.05, 3.63) is 76.9 Å². The van der Waals surface area contributed by atoms with Crippen LogP contribution < -0.4 is 0 Å². The van der Waals surface area contributed by atoms with Gasteiger partial charge in [0.25, 0.3) is 5.90 Å². The smallest absolute Gasteiger partial charge is 0.280 e. The molecule has 0 saturated carbocycles. The second-order valence-electron chi connectivity index (χ2n) is 6.22. The zero-order chi connectivity index (χ0) is 20.8. The summed E-state index contributed by atoms with van der Waals surface area (Å²) in [6.07, 6.45) is 1.93. The molecule has 0 atom stereocenters. The quantitative estimate of drug-likeness (QED) is 0.305. The van der Waals surface area contributed by atoms with Gasteiger partial charge in [-0.1, -0.05) is 52.8 Å². The van der Waals surface area contributed by atoms with Crippen molar-refractivity contribution in [2.24, 2.45) is 10.3 Å². The molecule has 0 fully saturated rings. The minimum absolute atomic E-state index is 0.313. The highest BCUT2D eigenvalue weighted by Gasteiger charge is 2.21. The molecule has 2 heterocycles. The second kappa shape index (κ2) is 9.69. The average molecular weight is 443 g/mol. The van der Waals surface area contributed by atoms with Gasteiger partial charge in [0.2, 0.25) is 0 Å². The van der Waals surface area contributed by atoms with Crippen LogP contribution in [0.2, 0.25) is 5.02 Å². The Morgan fingerprint density at radius 3 is 2.77 bits per heavy atom. The van der Waals surface area contributed by atoms with Gasteiger partial charge >= 0.3 is 0 Å². The predicted octanol–water partition coefficient (Wildman–Crippen LogP) is 4.53. The van der Waals surface area contributed by atoms with Crippen LogP contribution in [0.4, 0.5) is 0 Å². The Balaban J connectivity index is 1.53. The van der Waals surface area contributed by atoms with E-state index in [9.17, 15) is 0 Å². The fraction of sp³-hybridized carbons (Fsp3) is 0.190. The molecule has 0 unspecified atom stereocenters. The SMILES string of the molecule is CON=C(C1=NOCCO1)c1ccccc1CSc1ccn(-c2ccc(Cl)cc2)n1. The lowest BCUT2D eigenvalue weighted by Crippen LogP contribution is -2.26. The predicted molar refractivity (Wildman–Crippen MR) is 117 cm³/mol. The molecule has 0 aliphatic carbocycles. The molecule has 1 aliphatic heterocycles. The van der Waals surface area contributed by atoms with E-state index < -0.39 is 0 Å². The third kappa shape index (κ3) is 4.77. The summed E-state index contributed by atoms with van der Waals surface area (Å²) in [6.45, 7) is 0.832. The number of aromatic nitrogens is 2. The van der Waals surface area contributed by atoms with Crippen LogP contribution in [0.5, 0.6) is 0 Å². The minimum atomic E-state index is 0.313. The monoisotopic (exact) mass is 442 g/mol. The molecule has 7 nitrogen and oxygen atoms in total. The highest BCUT2D eigenvalue weighted by atomic mass is 35.5. The van der Waals surface area contributed by atoms with Gasteiger partial charge in [0, 0.05) is 22.5 Å². The number of hydrogen-bond acceptors (Lipinski definition) is 7. The van der Waals surface area contributed by atoms with Crippen molar-refractivity contribution >= 4 is 35.0 Å². The molecule has 1 aromatic heterocycles. The van der Waals surface area contributed by atoms with E-state index in [1.807, 2.05) is 65.5 Å². The summed E-state index contributed by atoms with van der Waals surface area (Å²) in [5.74, 6) is 0.998. The molecular formula is C21H19ClN4O3S. The topological polar surface area (TPSA) is 70.2 Å². The Morgan fingerprint density at radius 2 is 2.00 bits per heavy atom. The van der Waals surface area contributed by atoms with Crippen molar-refractivity contribution in [2.75, 3.05) is 20.3 Å². The summed E-state index contributed by atoms with van der Waals surface area (Å²) < 4.78 is 7.43. The molecule has 4 rings (SSSR count). The van der Waals surface area contributed by atoms with E-state index in [2.05, 4.69) is 15.4 Å². The third-order valence-corrected chi connectivity index (χ3v) is 5.47. The number of ether oxygens (including phenoxy) is 1. The minimum Gasteiger partial charge on any atom is -0.470 e. The first-order valence-electron chi connectivity index (χ1n) is 9.21. The number of thioether (sulfide) groups is 1. The van der Waals surface area contributed by atoms with Crippen molar-refractivity contribution in [3.8, 4) is 5.69 Å². The maximum absolute atomic E-state index is 5.96. The highest BCUT2D eigenvalue weighted by molar-refractivity contribution is 7.98. The standard InChI is InChI=1S/C21H19ClN4O3S/c1-27-24-20(21-25-29-13-12-28-21)18-5-3-2-4-15(18)14-30-19-10-11-26(23-19)17-8-6-16(22)7-9-17/h2-11H,12-14H2,1H3. The molecule has 30 heavy (non-hydrogen) atoms. The Hall–Kier alpha value is -2.97. The number of benzene rings is 2. The zero-order valence-corrected chi connectivity index (χ0v) is 17.8. The molecule has 0 amide bonds. The van der Waals surface area contributed by atoms with Gasteiger partial charge in [0.1, 0.15) is 18.7 Å². The van der Waals surface area contributed by atoms with Crippen molar-refractivity contribution in [1.29, 1.82) is 0 Å². The fourth-order valence-electron chi connectivity index (χ4n) is 2.86. The van der Waals surface area contributed by atoms with Crippen LogP contribution in [-0.4, -0.2) is 41.7 Å². The highest BCUT2D eigenvalue weighted by Crippen LogP contribution is 2.25.